The molecule has 0 amide bonds. The van der Waals surface area contributed by atoms with Crippen molar-refractivity contribution in [2.45, 2.75) is 316 Å². The fourth-order valence-electron chi connectivity index (χ4n) is 9.31. The van der Waals surface area contributed by atoms with E-state index in [4.69, 9.17) is 14.2 Å². The van der Waals surface area contributed by atoms with Gasteiger partial charge in [-0.05, 0) is 83.5 Å². The molecule has 0 saturated heterocycles. The average Bonchev–Trinajstić information content (AvgIpc) is 3.46. The van der Waals surface area contributed by atoms with E-state index in [0.29, 0.717) is 19.3 Å². The van der Waals surface area contributed by atoms with Crippen molar-refractivity contribution in [3.05, 3.63) is 122 Å². The Hall–Kier alpha value is -4.19. The predicted octanol–water partition coefficient (Wildman–Crippen LogP) is 23.2. The molecule has 0 spiro atoms. The first-order chi connectivity index (χ1) is 39.5. The van der Waals surface area contributed by atoms with E-state index < -0.39 is 12.1 Å². The largest absolute Gasteiger partial charge is 0.462 e. The minimum atomic E-state index is -0.850. The molecule has 1 atom stereocenters. The number of unbranched alkanes of at least 4 members (excludes halogenated alkanes) is 29. The Bertz CT molecular complexity index is 1650. The summed E-state index contributed by atoms with van der Waals surface area (Å²) < 4.78 is 16.8. The van der Waals surface area contributed by atoms with Crippen LogP contribution in [-0.4, -0.2) is 37.2 Å². The van der Waals surface area contributed by atoms with Gasteiger partial charge in [-0.25, -0.2) is 0 Å². The van der Waals surface area contributed by atoms with Crippen LogP contribution in [0, 0.1) is 0 Å². The van der Waals surface area contributed by atoms with Crippen molar-refractivity contribution >= 4 is 17.9 Å². The molecule has 0 radical (unpaired) electrons. The molecule has 1 unspecified atom stereocenters. The molecule has 0 bridgehead atoms. The van der Waals surface area contributed by atoms with Gasteiger partial charge >= 0.3 is 17.9 Å². The van der Waals surface area contributed by atoms with Gasteiger partial charge in [-0.2, -0.15) is 0 Å². The van der Waals surface area contributed by atoms with Crippen LogP contribution in [0.3, 0.4) is 0 Å². The van der Waals surface area contributed by atoms with Crippen LogP contribution in [0.5, 0.6) is 0 Å². The Balaban J connectivity index is 4.31. The van der Waals surface area contributed by atoms with E-state index in [1.165, 1.54) is 173 Å². The first kappa shape index (κ1) is 75.8. The summed E-state index contributed by atoms with van der Waals surface area (Å²) in [7, 11) is 0. The van der Waals surface area contributed by atoms with E-state index in [0.717, 1.165) is 83.5 Å². The molecule has 0 saturated carbocycles. The molecule has 0 aromatic rings. The van der Waals surface area contributed by atoms with Gasteiger partial charge in [0, 0.05) is 19.3 Å². The number of ether oxygens (including phenoxy) is 3. The van der Waals surface area contributed by atoms with E-state index in [1.54, 1.807) is 0 Å². The van der Waals surface area contributed by atoms with E-state index in [-0.39, 0.29) is 38.0 Å². The normalized spacial score (nSPS) is 12.9. The number of carbonyl (C=O) groups is 3. The van der Waals surface area contributed by atoms with Crippen LogP contribution in [0.4, 0.5) is 0 Å². The summed E-state index contributed by atoms with van der Waals surface area (Å²) in [6.45, 7) is 6.31. The summed E-state index contributed by atoms with van der Waals surface area (Å²) in [6, 6.07) is 0. The van der Waals surface area contributed by atoms with Crippen molar-refractivity contribution in [3.63, 3.8) is 0 Å². The van der Waals surface area contributed by atoms with Gasteiger partial charge in [0.1, 0.15) is 13.2 Å². The molecule has 0 heterocycles. The monoisotopic (exact) mass is 1110 g/mol. The number of esters is 3. The summed E-state index contributed by atoms with van der Waals surface area (Å²) in [5.74, 6) is -1.10. The van der Waals surface area contributed by atoms with Crippen LogP contribution in [0.1, 0.15) is 310 Å². The van der Waals surface area contributed by atoms with Crippen molar-refractivity contribution in [1.82, 2.24) is 0 Å². The van der Waals surface area contributed by atoms with E-state index in [1.807, 2.05) is 24.3 Å². The molecule has 456 valence electrons. The van der Waals surface area contributed by atoms with Crippen molar-refractivity contribution in [1.29, 1.82) is 0 Å². The summed E-state index contributed by atoms with van der Waals surface area (Å²) in [6.07, 6.45) is 94.1. The Labute approximate surface area is 494 Å². The Morgan fingerprint density at radius 3 is 0.762 bits per heavy atom. The number of allylic oxidation sites excluding steroid dienone is 20. The molecule has 0 N–H and O–H groups in total. The van der Waals surface area contributed by atoms with Crippen molar-refractivity contribution in [2.24, 2.45) is 0 Å². The van der Waals surface area contributed by atoms with Crippen molar-refractivity contribution < 1.29 is 28.6 Å². The third-order valence-electron chi connectivity index (χ3n) is 14.2. The molecule has 0 fully saturated rings. The Kier molecular flexibility index (Phi) is 63.8. The van der Waals surface area contributed by atoms with Crippen LogP contribution in [0.25, 0.3) is 0 Å². The van der Waals surface area contributed by atoms with Crippen molar-refractivity contribution in [2.75, 3.05) is 13.2 Å². The number of rotatable bonds is 60. The van der Waals surface area contributed by atoms with Crippen LogP contribution < -0.4 is 0 Å². The molecule has 80 heavy (non-hydrogen) atoms. The zero-order chi connectivity index (χ0) is 57.8. The molecular formula is C74H124O6. The summed E-state index contributed by atoms with van der Waals surface area (Å²) >= 11 is 0. The lowest BCUT2D eigenvalue weighted by Gasteiger charge is -2.18. The maximum Gasteiger partial charge on any atom is 0.306 e. The minimum absolute atomic E-state index is 0.131. The molecule has 0 aromatic heterocycles. The molecule has 0 aliphatic heterocycles. The predicted molar refractivity (Wildman–Crippen MR) is 348 cm³/mol. The molecule has 0 aliphatic rings. The highest BCUT2D eigenvalue weighted by Crippen LogP contribution is 2.17. The van der Waals surface area contributed by atoms with Crippen molar-refractivity contribution in [3.8, 4) is 0 Å². The fraction of sp³-hybridized carbons (Fsp3) is 0.689. The third-order valence-corrected chi connectivity index (χ3v) is 14.2. The Morgan fingerprint density at radius 1 is 0.263 bits per heavy atom. The van der Waals surface area contributed by atoms with Gasteiger partial charge in [-0.1, -0.05) is 328 Å². The standard InChI is InChI=1S/C74H124O6/c1-4-7-10-13-16-19-22-25-27-29-31-32-33-34-35-36-37-38-39-40-41-43-44-46-49-52-55-58-61-64-67-73(76)79-70-71(69-78-72(75)66-63-60-57-54-51-48-24-21-18-15-12-9-6-3)80-74(77)68-65-62-59-56-53-50-47-45-42-30-28-26-23-20-17-14-11-8-5-2/h8-9,11-12,17-18,20-21,26,28,42,45,48,50-51,53,57,59-60,62,71H,4-7,10,13-16,19,22-25,27,29-41,43-44,46-47,49,52,54-56,58,61,63-70H2,1-3H3/b11-8-,12-9-,20-17-,21-18-,28-26-,45-42-,51-48-,53-50-,60-57-,62-59-. The molecule has 0 aromatic carbocycles. The van der Waals surface area contributed by atoms with Gasteiger partial charge in [-0.15, -0.1) is 0 Å². The lowest BCUT2D eigenvalue weighted by molar-refractivity contribution is -0.166. The van der Waals surface area contributed by atoms with E-state index in [2.05, 4.69) is 118 Å². The quantitative estimate of drug-likeness (QED) is 0.0261. The van der Waals surface area contributed by atoms with Gasteiger partial charge < -0.3 is 14.2 Å². The fourth-order valence-corrected chi connectivity index (χ4v) is 9.31. The van der Waals surface area contributed by atoms with Gasteiger partial charge in [0.25, 0.3) is 0 Å². The third kappa shape index (κ3) is 64.6. The molecule has 6 nitrogen and oxygen atoms in total. The van der Waals surface area contributed by atoms with Crippen LogP contribution >= 0.6 is 0 Å². The highest BCUT2D eigenvalue weighted by Gasteiger charge is 2.19. The minimum Gasteiger partial charge on any atom is -0.462 e. The van der Waals surface area contributed by atoms with E-state index >= 15 is 0 Å². The first-order valence-electron chi connectivity index (χ1n) is 33.5. The highest BCUT2D eigenvalue weighted by molar-refractivity contribution is 5.71. The number of hydrogen-bond donors (Lipinski definition) is 0. The number of hydrogen-bond acceptors (Lipinski definition) is 6. The average molecular weight is 1110 g/mol. The molecule has 0 aliphatic carbocycles. The first-order valence-corrected chi connectivity index (χ1v) is 33.5. The van der Waals surface area contributed by atoms with Gasteiger partial charge in [0.2, 0.25) is 0 Å². The number of carbonyl (C=O) groups excluding carboxylic acids is 3. The second kappa shape index (κ2) is 67.3. The van der Waals surface area contributed by atoms with Gasteiger partial charge in [0.05, 0.1) is 0 Å². The van der Waals surface area contributed by atoms with Crippen LogP contribution in [0.2, 0.25) is 0 Å². The summed E-state index contributed by atoms with van der Waals surface area (Å²) in [5.41, 5.74) is 0. The highest BCUT2D eigenvalue weighted by atomic mass is 16.6. The van der Waals surface area contributed by atoms with Crippen LogP contribution in [0.15, 0.2) is 122 Å². The van der Waals surface area contributed by atoms with Gasteiger partial charge in [-0.3, -0.25) is 14.4 Å². The lowest BCUT2D eigenvalue weighted by Crippen LogP contribution is -2.30. The maximum absolute atomic E-state index is 12.9. The van der Waals surface area contributed by atoms with Gasteiger partial charge in [0.15, 0.2) is 6.10 Å². The molecule has 6 heteroatoms. The summed E-state index contributed by atoms with van der Waals surface area (Å²) in [4.78, 5) is 38.2. The second-order valence-electron chi connectivity index (χ2n) is 22.0. The lowest BCUT2D eigenvalue weighted by atomic mass is 10.0. The molecule has 0 rings (SSSR count). The maximum atomic E-state index is 12.9. The SMILES string of the molecule is CC/C=C\C/C=C\C/C=C\C/C=C\C/C=C\C/C=C\CCC(=O)OC(COC(=O)CC/C=C\C/C=C\C/C=C\C/C=C\CC)COC(=O)CCCCCCCCCCCCCCCCCCCCCCCCCCCCCCCC. The second-order valence-corrected chi connectivity index (χ2v) is 22.0. The zero-order valence-corrected chi connectivity index (χ0v) is 52.3. The smallest absolute Gasteiger partial charge is 0.306 e. The molecular weight excluding hydrogens is 985 g/mol. The zero-order valence-electron chi connectivity index (χ0n) is 52.3. The summed E-state index contributed by atoms with van der Waals surface area (Å²) in [5, 5.41) is 0. The Morgan fingerprint density at radius 2 is 0.487 bits per heavy atom. The van der Waals surface area contributed by atoms with E-state index in [9.17, 15) is 14.4 Å². The van der Waals surface area contributed by atoms with Crippen LogP contribution in [-0.2, 0) is 28.6 Å². The topological polar surface area (TPSA) is 78.9 Å².